The van der Waals surface area contributed by atoms with Crippen molar-refractivity contribution in [3.05, 3.63) is 76.5 Å². The van der Waals surface area contributed by atoms with Crippen LogP contribution in [0.4, 0.5) is 0 Å². The van der Waals surface area contributed by atoms with E-state index in [9.17, 15) is 20.3 Å². The first-order valence-electron chi connectivity index (χ1n) is 15.8. The van der Waals surface area contributed by atoms with E-state index < -0.39 is 11.9 Å². The predicted molar refractivity (Wildman–Crippen MR) is 163 cm³/mol. The summed E-state index contributed by atoms with van der Waals surface area (Å²) >= 11 is 0. The zero-order chi connectivity index (χ0) is 29.7. The Hall–Kier alpha value is -3.89. The highest BCUT2D eigenvalue weighted by Crippen LogP contribution is 2.50. The van der Waals surface area contributed by atoms with E-state index in [4.69, 9.17) is 4.74 Å². The summed E-state index contributed by atoms with van der Waals surface area (Å²) in [5, 5.41) is 29.9. The first kappa shape index (κ1) is 27.9. The summed E-state index contributed by atoms with van der Waals surface area (Å²) in [6.07, 6.45) is 11.5. The SMILES string of the molecule is C[C@H](C(=O)O)[C@H](c1ccc2c(c1)OC(c1ccc(-c3cc(O)ncc3C#N)c(CN3CCCCC34CC4)c1)CC2)C1CC1. The number of piperidine rings is 1. The Morgan fingerprint density at radius 2 is 1.95 bits per heavy atom. The van der Waals surface area contributed by atoms with Gasteiger partial charge in [-0.25, -0.2) is 4.98 Å². The van der Waals surface area contributed by atoms with Crippen molar-refractivity contribution in [3.63, 3.8) is 0 Å². The topological polar surface area (TPSA) is 107 Å². The van der Waals surface area contributed by atoms with Crippen LogP contribution in [-0.2, 0) is 17.8 Å². The maximum absolute atomic E-state index is 11.9. The Morgan fingerprint density at radius 3 is 2.70 bits per heavy atom. The Labute approximate surface area is 253 Å². The first-order valence-corrected chi connectivity index (χ1v) is 15.8. The molecular weight excluding hydrogens is 538 g/mol. The molecular formula is C36H39N3O4. The molecule has 2 aliphatic carbocycles. The zero-order valence-electron chi connectivity index (χ0n) is 24.8. The van der Waals surface area contributed by atoms with E-state index >= 15 is 0 Å². The molecule has 7 heteroatoms. The smallest absolute Gasteiger partial charge is 0.306 e. The van der Waals surface area contributed by atoms with Gasteiger partial charge in [-0.3, -0.25) is 9.69 Å². The van der Waals surface area contributed by atoms with E-state index in [-0.39, 0.29) is 17.9 Å². The van der Waals surface area contributed by atoms with Crippen LogP contribution in [0.3, 0.4) is 0 Å². The van der Waals surface area contributed by atoms with Gasteiger partial charge in [0.15, 0.2) is 0 Å². The predicted octanol–water partition coefficient (Wildman–Crippen LogP) is 7.12. The van der Waals surface area contributed by atoms with Crippen LogP contribution < -0.4 is 4.74 Å². The molecule has 1 spiro atoms. The van der Waals surface area contributed by atoms with Crippen molar-refractivity contribution in [2.45, 2.75) is 88.8 Å². The minimum absolute atomic E-state index is 0.00283. The van der Waals surface area contributed by atoms with Gasteiger partial charge in [-0.15, -0.1) is 0 Å². The summed E-state index contributed by atoms with van der Waals surface area (Å²) < 4.78 is 6.69. The molecule has 1 saturated heterocycles. The van der Waals surface area contributed by atoms with E-state index in [2.05, 4.69) is 52.4 Å². The number of hydrogen-bond donors (Lipinski definition) is 2. The van der Waals surface area contributed by atoms with E-state index in [0.717, 1.165) is 66.8 Å². The number of likely N-dealkylation sites (tertiary alicyclic amines) is 1. The molecule has 3 atom stereocenters. The number of aliphatic carboxylic acids is 1. The minimum Gasteiger partial charge on any atom is -0.493 e. The maximum atomic E-state index is 11.9. The molecule has 2 saturated carbocycles. The summed E-state index contributed by atoms with van der Waals surface area (Å²) in [5.74, 6) is 0.0179. The monoisotopic (exact) mass is 577 g/mol. The second-order valence-electron chi connectivity index (χ2n) is 13.2. The molecule has 3 aromatic rings. The average molecular weight is 578 g/mol. The van der Waals surface area contributed by atoms with Crippen LogP contribution in [-0.4, -0.2) is 38.1 Å². The lowest BCUT2D eigenvalue weighted by molar-refractivity contribution is -0.142. The summed E-state index contributed by atoms with van der Waals surface area (Å²) in [7, 11) is 0. The number of aromatic hydroxyl groups is 1. The number of ether oxygens (including phenoxy) is 1. The van der Waals surface area contributed by atoms with Crippen LogP contribution in [0.25, 0.3) is 11.1 Å². The quantitative estimate of drug-likeness (QED) is 0.293. The number of carboxylic acids is 1. The first-order chi connectivity index (χ1) is 20.8. The van der Waals surface area contributed by atoms with E-state index in [1.165, 1.54) is 43.9 Å². The van der Waals surface area contributed by atoms with Gasteiger partial charge in [-0.1, -0.05) is 43.7 Å². The van der Waals surface area contributed by atoms with E-state index in [1.807, 2.05) is 6.92 Å². The van der Waals surface area contributed by atoms with Crippen LogP contribution in [0.5, 0.6) is 11.6 Å². The number of aromatic nitrogens is 1. The van der Waals surface area contributed by atoms with Gasteiger partial charge in [0.05, 0.1) is 11.5 Å². The van der Waals surface area contributed by atoms with Crippen molar-refractivity contribution in [1.29, 1.82) is 5.26 Å². The van der Waals surface area contributed by atoms with Crippen LogP contribution >= 0.6 is 0 Å². The van der Waals surface area contributed by atoms with Crippen molar-refractivity contribution >= 4 is 5.97 Å². The number of carboxylic acid groups (broad SMARTS) is 1. The number of nitrogens with zero attached hydrogens (tertiary/aromatic N) is 3. The second-order valence-corrected chi connectivity index (χ2v) is 13.2. The Bertz CT molecular complexity index is 1600. The molecule has 2 N–H and O–H groups in total. The van der Waals surface area contributed by atoms with Crippen LogP contribution in [0.15, 0.2) is 48.7 Å². The highest BCUT2D eigenvalue weighted by Gasteiger charge is 2.48. The van der Waals surface area contributed by atoms with Crippen LogP contribution in [0.1, 0.15) is 98.1 Å². The van der Waals surface area contributed by atoms with Gasteiger partial charge in [-0.2, -0.15) is 5.26 Å². The fourth-order valence-corrected chi connectivity index (χ4v) is 7.68. The number of fused-ring (bicyclic) bond motifs is 1. The molecule has 43 heavy (non-hydrogen) atoms. The minimum atomic E-state index is -0.746. The standard InChI is InChI=1S/C36H39N3O4/c1-22(35(41)42)34(24-5-6-24)26-7-4-23-9-11-31(43-32(23)17-26)25-8-10-29(30-18-33(40)38-20-28(30)19-37)27(16-25)21-39-15-3-2-12-36(39)13-14-36/h4,7-8,10,16-18,20,22,24,31,34H,2-3,5-6,9,11-15,21H2,1H3,(H,38,40)(H,41,42)/t22-,31?,34-/m0/s1. The van der Waals surface area contributed by atoms with Gasteiger partial charge < -0.3 is 14.9 Å². The molecule has 0 bridgehead atoms. The zero-order valence-corrected chi connectivity index (χ0v) is 24.8. The van der Waals surface area contributed by atoms with Crippen molar-refractivity contribution in [2.24, 2.45) is 11.8 Å². The van der Waals surface area contributed by atoms with Crippen molar-refractivity contribution < 1.29 is 19.7 Å². The summed E-state index contributed by atoms with van der Waals surface area (Å²) in [6, 6.07) is 16.6. The number of aryl methyl sites for hydroxylation is 1. The van der Waals surface area contributed by atoms with Crippen molar-refractivity contribution in [1.82, 2.24) is 9.88 Å². The molecule has 1 unspecified atom stereocenters. The number of nitriles is 1. The lowest BCUT2D eigenvalue weighted by Gasteiger charge is -2.37. The van der Waals surface area contributed by atoms with Crippen LogP contribution in [0, 0.1) is 23.2 Å². The highest BCUT2D eigenvalue weighted by molar-refractivity contribution is 5.74. The van der Waals surface area contributed by atoms with Gasteiger partial charge in [0.2, 0.25) is 5.88 Å². The lowest BCUT2D eigenvalue weighted by atomic mass is 9.82. The van der Waals surface area contributed by atoms with Crippen molar-refractivity contribution in [2.75, 3.05) is 6.54 Å². The number of carbonyl (C=O) groups is 1. The number of rotatable bonds is 8. The Kier molecular flexibility index (Phi) is 7.13. The highest BCUT2D eigenvalue weighted by atomic mass is 16.5. The normalized spacial score (nSPS) is 22.2. The Balaban J connectivity index is 1.22. The van der Waals surface area contributed by atoms with E-state index in [0.29, 0.717) is 22.6 Å². The van der Waals surface area contributed by atoms with Gasteiger partial charge in [0.25, 0.3) is 0 Å². The summed E-state index contributed by atoms with van der Waals surface area (Å²) in [4.78, 5) is 18.5. The second kappa shape index (κ2) is 11.0. The third kappa shape index (κ3) is 5.38. The van der Waals surface area contributed by atoms with E-state index in [1.54, 1.807) is 6.07 Å². The average Bonchev–Trinajstić information content (AvgIpc) is 3.96. The molecule has 1 aromatic heterocycles. The largest absolute Gasteiger partial charge is 0.493 e. The molecule has 3 heterocycles. The molecule has 0 radical (unpaired) electrons. The summed E-state index contributed by atoms with van der Waals surface area (Å²) in [5.41, 5.74) is 6.89. The van der Waals surface area contributed by atoms with Gasteiger partial charge in [0, 0.05) is 29.9 Å². The van der Waals surface area contributed by atoms with Gasteiger partial charge in [-0.05, 0) is 104 Å². The lowest BCUT2D eigenvalue weighted by Crippen LogP contribution is -2.40. The summed E-state index contributed by atoms with van der Waals surface area (Å²) in [6.45, 7) is 3.69. The number of benzene rings is 2. The number of pyridine rings is 1. The Morgan fingerprint density at radius 1 is 1.12 bits per heavy atom. The van der Waals surface area contributed by atoms with Gasteiger partial charge in [0.1, 0.15) is 17.9 Å². The van der Waals surface area contributed by atoms with Crippen LogP contribution in [0.2, 0.25) is 0 Å². The third-order valence-electron chi connectivity index (χ3n) is 10.5. The molecule has 2 aromatic carbocycles. The molecule has 4 aliphatic rings. The van der Waals surface area contributed by atoms with Gasteiger partial charge >= 0.3 is 5.97 Å². The fraction of sp³-hybridized carbons (Fsp3) is 0.472. The molecule has 222 valence electrons. The fourth-order valence-electron chi connectivity index (χ4n) is 7.68. The molecule has 0 amide bonds. The molecule has 3 fully saturated rings. The molecule has 7 nitrogen and oxygen atoms in total. The molecule has 7 rings (SSSR count). The number of hydrogen-bond acceptors (Lipinski definition) is 6. The molecule has 2 aliphatic heterocycles. The van der Waals surface area contributed by atoms with Crippen molar-refractivity contribution in [3.8, 4) is 28.8 Å². The third-order valence-corrected chi connectivity index (χ3v) is 10.5. The maximum Gasteiger partial charge on any atom is 0.306 e.